The van der Waals surface area contributed by atoms with E-state index in [1.807, 2.05) is 0 Å². The number of ether oxygens (including phenoxy) is 2. The van der Waals surface area contributed by atoms with Crippen LogP contribution in [0.3, 0.4) is 0 Å². The minimum Gasteiger partial charge on any atom is -0.476 e. The van der Waals surface area contributed by atoms with Crippen molar-refractivity contribution in [1.29, 1.82) is 0 Å². The van der Waals surface area contributed by atoms with E-state index in [0.29, 0.717) is 32.9 Å². The average Bonchev–Trinajstić information content (AvgIpc) is 2.81. The molecular formula is C10H18N4O4. The highest BCUT2D eigenvalue weighted by Gasteiger charge is 2.07. The Labute approximate surface area is 105 Å². The lowest BCUT2D eigenvalue weighted by Gasteiger charge is -2.05. The molecule has 1 aromatic heterocycles. The van der Waals surface area contributed by atoms with Crippen molar-refractivity contribution in [2.45, 2.75) is 6.54 Å². The third kappa shape index (κ3) is 5.71. The Morgan fingerprint density at radius 1 is 1.44 bits per heavy atom. The second-order valence-electron chi connectivity index (χ2n) is 3.53. The molecule has 0 fully saturated rings. The third-order valence-electron chi connectivity index (χ3n) is 2.13. The smallest absolute Gasteiger partial charge is 0.358 e. The van der Waals surface area contributed by atoms with E-state index >= 15 is 0 Å². The molecule has 18 heavy (non-hydrogen) atoms. The second-order valence-corrected chi connectivity index (χ2v) is 3.53. The van der Waals surface area contributed by atoms with Gasteiger partial charge in [-0.2, -0.15) is 0 Å². The van der Waals surface area contributed by atoms with Gasteiger partial charge in [0.25, 0.3) is 0 Å². The summed E-state index contributed by atoms with van der Waals surface area (Å²) in [6.07, 6.45) is 1.40. The summed E-state index contributed by atoms with van der Waals surface area (Å²) in [5.74, 6) is -1.07. The number of carboxylic acids is 1. The average molecular weight is 258 g/mol. The number of carbonyl (C=O) groups is 1. The van der Waals surface area contributed by atoms with Gasteiger partial charge in [-0.1, -0.05) is 5.21 Å². The van der Waals surface area contributed by atoms with Gasteiger partial charge in [0.15, 0.2) is 5.69 Å². The van der Waals surface area contributed by atoms with Gasteiger partial charge in [0.05, 0.1) is 32.6 Å². The number of aromatic carboxylic acids is 1. The molecule has 8 heteroatoms. The molecule has 0 bridgehead atoms. The van der Waals surface area contributed by atoms with Crippen LogP contribution in [0.4, 0.5) is 0 Å². The molecule has 1 heterocycles. The number of carboxylic acid groups (broad SMARTS) is 1. The van der Waals surface area contributed by atoms with E-state index in [0.717, 1.165) is 6.54 Å². The van der Waals surface area contributed by atoms with Gasteiger partial charge in [0.1, 0.15) is 0 Å². The molecule has 0 radical (unpaired) electrons. The highest BCUT2D eigenvalue weighted by atomic mass is 16.5. The van der Waals surface area contributed by atoms with Crippen molar-refractivity contribution < 1.29 is 19.4 Å². The van der Waals surface area contributed by atoms with Crippen molar-refractivity contribution in [2.75, 3.05) is 40.0 Å². The summed E-state index contributed by atoms with van der Waals surface area (Å²) in [6.45, 7) is 3.76. The minimum atomic E-state index is -1.07. The van der Waals surface area contributed by atoms with Crippen LogP contribution in [-0.4, -0.2) is 66.1 Å². The summed E-state index contributed by atoms with van der Waals surface area (Å²) in [5, 5.41) is 19.0. The maximum atomic E-state index is 10.6. The molecule has 8 nitrogen and oxygen atoms in total. The van der Waals surface area contributed by atoms with Crippen LogP contribution in [0.2, 0.25) is 0 Å². The van der Waals surface area contributed by atoms with E-state index in [4.69, 9.17) is 14.6 Å². The Balaban J connectivity index is 2.02. The minimum absolute atomic E-state index is 0.0436. The van der Waals surface area contributed by atoms with Crippen molar-refractivity contribution in [2.24, 2.45) is 0 Å². The Morgan fingerprint density at radius 3 is 2.94 bits per heavy atom. The standard InChI is InChI=1S/C10H18N4O4/c1-17-6-7-18-5-3-11-2-4-14-8-9(10(15)16)12-13-14/h8,11H,2-7H2,1H3,(H,15,16). The fourth-order valence-corrected chi connectivity index (χ4v) is 1.21. The quantitative estimate of drug-likeness (QED) is 0.532. The molecule has 0 aromatic carbocycles. The van der Waals surface area contributed by atoms with Crippen molar-refractivity contribution >= 4 is 5.97 Å². The zero-order valence-electron chi connectivity index (χ0n) is 10.3. The highest BCUT2D eigenvalue weighted by Crippen LogP contribution is 1.91. The molecule has 102 valence electrons. The summed E-state index contributed by atoms with van der Waals surface area (Å²) >= 11 is 0. The number of rotatable bonds is 10. The van der Waals surface area contributed by atoms with Gasteiger partial charge in [0, 0.05) is 20.2 Å². The molecule has 0 saturated heterocycles. The molecule has 1 aromatic rings. The first kappa shape index (κ1) is 14.6. The Hall–Kier alpha value is -1.51. The number of methoxy groups -OCH3 is 1. The monoisotopic (exact) mass is 258 g/mol. The van der Waals surface area contributed by atoms with E-state index in [2.05, 4.69) is 15.6 Å². The first-order valence-electron chi connectivity index (χ1n) is 5.65. The number of nitrogens with zero attached hydrogens (tertiary/aromatic N) is 3. The van der Waals surface area contributed by atoms with Crippen LogP contribution in [-0.2, 0) is 16.0 Å². The van der Waals surface area contributed by atoms with Crippen molar-refractivity contribution in [3.63, 3.8) is 0 Å². The van der Waals surface area contributed by atoms with Gasteiger partial charge in [-0.05, 0) is 0 Å². The molecule has 0 aliphatic heterocycles. The van der Waals surface area contributed by atoms with Crippen LogP contribution in [0.1, 0.15) is 10.5 Å². The van der Waals surface area contributed by atoms with Crippen molar-refractivity contribution in [3.8, 4) is 0 Å². The number of aromatic nitrogens is 3. The Kier molecular flexibility index (Phi) is 6.92. The van der Waals surface area contributed by atoms with Gasteiger partial charge in [-0.3, -0.25) is 4.68 Å². The second kappa shape index (κ2) is 8.56. The maximum Gasteiger partial charge on any atom is 0.358 e. The van der Waals surface area contributed by atoms with Crippen LogP contribution in [0.15, 0.2) is 6.20 Å². The predicted molar refractivity (Wildman–Crippen MR) is 62.5 cm³/mol. The van der Waals surface area contributed by atoms with Gasteiger partial charge < -0.3 is 19.9 Å². The van der Waals surface area contributed by atoms with Gasteiger partial charge >= 0.3 is 5.97 Å². The van der Waals surface area contributed by atoms with E-state index < -0.39 is 5.97 Å². The van der Waals surface area contributed by atoms with E-state index in [1.54, 1.807) is 7.11 Å². The summed E-state index contributed by atoms with van der Waals surface area (Å²) in [7, 11) is 1.63. The first-order chi connectivity index (χ1) is 8.74. The number of nitrogens with one attached hydrogen (secondary N) is 1. The number of hydrogen-bond acceptors (Lipinski definition) is 6. The highest BCUT2D eigenvalue weighted by molar-refractivity contribution is 5.84. The molecule has 0 saturated carbocycles. The lowest BCUT2D eigenvalue weighted by Crippen LogP contribution is -2.24. The summed E-state index contributed by atoms with van der Waals surface area (Å²) < 4.78 is 11.6. The largest absolute Gasteiger partial charge is 0.476 e. The maximum absolute atomic E-state index is 10.6. The predicted octanol–water partition coefficient (Wildman–Crippen LogP) is -0.771. The molecule has 1 rings (SSSR count). The van der Waals surface area contributed by atoms with E-state index in [9.17, 15) is 4.79 Å². The molecule has 0 unspecified atom stereocenters. The van der Waals surface area contributed by atoms with Crippen LogP contribution in [0.25, 0.3) is 0 Å². The third-order valence-corrected chi connectivity index (χ3v) is 2.13. The van der Waals surface area contributed by atoms with Crippen LogP contribution in [0.5, 0.6) is 0 Å². The lowest BCUT2D eigenvalue weighted by atomic mass is 10.5. The van der Waals surface area contributed by atoms with E-state index in [1.165, 1.54) is 10.9 Å². The molecule has 2 N–H and O–H groups in total. The molecule has 0 aliphatic rings. The van der Waals surface area contributed by atoms with E-state index in [-0.39, 0.29) is 5.69 Å². The fourth-order valence-electron chi connectivity index (χ4n) is 1.21. The normalized spacial score (nSPS) is 10.7. The van der Waals surface area contributed by atoms with Crippen LogP contribution < -0.4 is 5.32 Å². The zero-order valence-corrected chi connectivity index (χ0v) is 10.3. The summed E-state index contributed by atoms with van der Waals surface area (Å²) in [4.78, 5) is 10.6. The molecular weight excluding hydrogens is 240 g/mol. The molecule has 0 amide bonds. The molecule has 0 aliphatic carbocycles. The Morgan fingerprint density at radius 2 is 2.28 bits per heavy atom. The summed E-state index contributed by atoms with van der Waals surface area (Å²) in [6, 6.07) is 0. The summed E-state index contributed by atoms with van der Waals surface area (Å²) in [5.41, 5.74) is -0.0436. The zero-order chi connectivity index (χ0) is 13.2. The van der Waals surface area contributed by atoms with Crippen LogP contribution >= 0.6 is 0 Å². The SMILES string of the molecule is COCCOCCNCCn1cc(C(=O)O)nn1. The molecule has 0 spiro atoms. The van der Waals surface area contributed by atoms with Gasteiger partial charge in [-0.25, -0.2) is 4.79 Å². The van der Waals surface area contributed by atoms with Crippen molar-refractivity contribution in [3.05, 3.63) is 11.9 Å². The number of hydrogen-bond donors (Lipinski definition) is 2. The molecule has 0 atom stereocenters. The first-order valence-corrected chi connectivity index (χ1v) is 5.65. The van der Waals surface area contributed by atoms with Gasteiger partial charge in [-0.15, -0.1) is 5.10 Å². The Bertz CT molecular complexity index is 355. The van der Waals surface area contributed by atoms with Crippen LogP contribution in [0, 0.1) is 0 Å². The fraction of sp³-hybridized carbons (Fsp3) is 0.700. The topological polar surface area (TPSA) is 98.5 Å². The van der Waals surface area contributed by atoms with Crippen molar-refractivity contribution in [1.82, 2.24) is 20.3 Å². The van der Waals surface area contributed by atoms with Gasteiger partial charge in [0.2, 0.25) is 0 Å². The lowest BCUT2D eigenvalue weighted by molar-refractivity contribution is 0.0690.